The monoisotopic (exact) mass is 478 g/mol. The highest BCUT2D eigenvalue weighted by molar-refractivity contribution is 7.89. The van der Waals surface area contributed by atoms with Gasteiger partial charge in [0.15, 0.2) is 11.2 Å². The molecule has 2 atom stereocenters. The standard InChI is InChI=1S/C21H26N4O5S2/c1-4-16-20(27)23-15-8-12(2)18(9-17(15)30-16)32(28,29)25-7-5-6-14(10-25)19(26)24-21-22-13(3)11-31-21/h8-9,11,14,16H,4-7,10H2,1-3H3,(H,23,27)(H,22,24,26)/t14-,16-/m1/s1. The maximum atomic E-state index is 13.5. The Kier molecular flexibility index (Phi) is 6.24. The summed E-state index contributed by atoms with van der Waals surface area (Å²) in [5.41, 5.74) is 1.79. The van der Waals surface area contributed by atoms with Gasteiger partial charge in [-0.25, -0.2) is 13.4 Å². The molecular formula is C21H26N4O5S2. The van der Waals surface area contributed by atoms with Gasteiger partial charge >= 0.3 is 0 Å². The van der Waals surface area contributed by atoms with Gasteiger partial charge in [-0.05, 0) is 44.7 Å². The first kappa shape index (κ1) is 22.7. The number of carbonyl (C=O) groups excluding carboxylic acids is 2. The fourth-order valence-electron chi connectivity index (χ4n) is 3.96. The Morgan fingerprint density at radius 2 is 2.16 bits per heavy atom. The molecule has 2 aliphatic rings. The van der Waals surface area contributed by atoms with Crippen molar-refractivity contribution in [2.24, 2.45) is 5.92 Å². The van der Waals surface area contributed by atoms with E-state index in [1.807, 2.05) is 19.2 Å². The van der Waals surface area contributed by atoms with E-state index in [1.165, 1.54) is 21.7 Å². The van der Waals surface area contributed by atoms with Crippen LogP contribution in [0.5, 0.6) is 5.75 Å². The van der Waals surface area contributed by atoms with Crippen LogP contribution in [0.4, 0.5) is 10.8 Å². The van der Waals surface area contributed by atoms with E-state index < -0.39 is 22.0 Å². The average Bonchev–Trinajstić information content (AvgIpc) is 3.17. The van der Waals surface area contributed by atoms with Crippen molar-refractivity contribution < 1.29 is 22.7 Å². The van der Waals surface area contributed by atoms with Crippen molar-refractivity contribution in [3.05, 3.63) is 28.8 Å². The Balaban J connectivity index is 1.55. The highest BCUT2D eigenvalue weighted by Gasteiger charge is 2.36. The van der Waals surface area contributed by atoms with Crippen LogP contribution in [0.1, 0.15) is 37.4 Å². The molecule has 4 rings (SSSR count). The molecule has 172 valence electrons. The lowest BCUT2D eigenvalue weighted by atomic mass is 9.99. The van der Waals surface area contributed by atoms with E-state index in [0.717, 1.165) is 5.69 Å². The summed E-state index contributed by atoms with van der Waals surface area (Å²) in [6, 6.07) is 3.09. The van der Waals surface area contributed by atoms with Gasteiger partial charge in [-0.1, -0.05) is 6.92 Å². The summed E-state index contributed by atoms with van der Waals surface area (Å²) in [7, 11) is -3.85. The lowest BCUT2D eigenvalue weighted by Crippen LogP contribution is -2.44. The molecule has 2 N–H and O–H groups in total. The van der Waals surface area contributed by atoms with Crippen molar-refractivity contribution in [3.8, 4) is 5.75 Å². The van der Waals surface area contributed by atoms with Gasteiger partial charge in [0, 0.05) is 24.5 Å². The van der Waals surface area contributed by atoms with Crippen molar-refractivity contribution in [3.63, 3.8) is 0 Å². The molecule has 1 aromatic heterocycles. The maximum Gasteiger partial charge on any atom is 0.265 e. The molecule has 9 nitrogen and oxygen atoms in total. The molecule has 1 fully saturated rings. The molecule has 2 aliphatic heterocycles. The SMILES string of the molecule is CC[C@H]1Oc2cc(S(=O)(=O)N3CCC[C@@H](C(=O)Nc4nc(C)cs4)C3)c(C)cc2NC1=O. The number of nitrogens with zero attached hydrogens (tertiary/aromatic N) is 2. The molecule has 1 aromatic carbocycles. The molecule has 2 aromatic rings. The Labute approximate surface area is 191 Å². The van der Waals surface area contributed by atoms with Crippen LogP contribution in [-0.2, 0) is 19.6 Å². The number of thiazole rings is 1. The van der Waals surface area contributed by atoms with E-state index in [-0.39, 0.29) is 23.3 Å². The van der Waals surface area contributed by atoms with Crippen LogP contribution in [0.25, 0.3) is 0 Å². The average molecular weight is 479 g/mol. The molecule has 3 heterocycles. The molecule has 0 bridgehead atoms. The molecule has 0 unspecified atom stereocenters. The number of piperidine rings is 1. The summed E-state index contributed by atoms with van der Waals surface area (Å²) < 4.78 is 34.1. The van der Waals surface area contributed by atoms with Crippen molar-refractivity contribution in [1.29, 1.82) is 0 Å². The number of sulfonamides is 1. The van der Waals surface area contributed by atoms with E-state index in [1.54, 1.807) is 13.0 Å². The van der Waals surface area contributed by atoms with Crippen LogP contribution in [0.3, 0.4) is 0 Å². The van der Waals surface area contributed by atoms with Crippen LogP contribution in [-0.4, -0.2) is 48.7 Å². The summed E-state index contributed by atoms with van der Waals surface area (Å²) in [6.07, 6.45) is 1.02. The third-order valence-electron chi connectivity index (χ3n) is 5.69. The molecule has 2 amide bonds. The Bertz CT molecular complexity index is 1160. The van der Waals surface area contributed by atoms with E-state index in [9.17, 15) is 18.0 Å². The van der Waals surface area contributed by atoms with Crippen molar-refractivity contribution in [2.45, 2.75) is 51.0 Å². The number of aryl methyl sites for hydroxylation is 2. The topological polar surface area (TPSA) is 118 Å². The Morgan fingerprint density at radius 3 is 2.84 bits per heavy atom. The van der Waals surface area contributed by atoms with Gasteiger partial charge in [0.1, 0.15) is 5.75 Å². The Morgan fingerprint density at radius 1 is 1.38 bits per heavy atom. The highest BCUT2D eigenvalue weighted by Crippen LogP contribution is 2.36. The van der Waals surface area contributed by atoms with E-state index >= 15 is 0 Å². The number of hydrogen-bond donors (Lipinski definition) is 2. The number of rotatable bonds is 5. The van der Waals surface area contributed by atoms with Gasteiger partial charge in [-0.2, -0.15) is 4.31 Å². The van der Waals surface area contributed by atoms with Crippen molar-refractivity contribution in [1.82, 2.24) is 9.29 Å². The van der Waals surface area contributed by atoms with Crippen molar-refractivity contribution >= 4 is 44.0 Å². The highest BCUT2D eigenvalue weighted by atomic mass is 32.2. The number of benzene rings is 1. The van der Waals surface area contributed by atoms with Crippen molar-refractivity contribution in [2.75, 3.05) is 23.7 Å². The summed E-state index contributed by atoms with van der Waals surface area (Å²) >= 11 is 1.34. The van der Waals surface area contributed by atoms with Gasteiger partial charge in [-0.3, -0.25) is 9.59 Å². The molecule has 1 saturated heterocycles. The first-order valence-corrected chi connectivity index (χ1v) is 12.9. The van der Waals surface area contributed by atoms with Crippen LogP contribution in [0.2, 0.25) is 0 Å². The number of aromatic nitrogens is 1. The lowest BCUT2D eigenvalue weighted by Gasteiger charge is -2.32. The summed E-state index contributed by atoms with van der Waals surface area (Å²) in [4.78, 5) is 29.1. The molecule has 0 radical (unpaired) electrons. The van der Waals surface area contributed by atoms with Gasteiger partial charge < -0.3 is 15.4 Å². The molecule has 11 heteroatoms. The van der Waals surface area contributed by atoms with Gasteiger partial charge in [0.05, 0.1) is 22.2 Å². The van der Waals surface area contributed by atoms with Crippen LogP contribution >= 0.6 is 11.3 Å². The minimum Gasteiger partial charge on any atom is -0.478 e. The van der Waals surface area contributed by atoms with E-state index in [0.29, 0.717) is 47.9 Å². The minimum atomic E-state index is -3.85. The smallest absolute Gasteiger partial charge is 0.265 e. The molecule has 32 heavy (non-hydrogen) atoms. The number of carbonyl (C=O) groups is 2. The number of amides is 2. The van der Waals surface area contributed by atoms with Gasteiger partial charge in [-0.15, -0.1) is 11.3 Å². The fourth-order valence-corrected chi connectivity index (χ4v) is 6.40. The van der Waals surface area contributed by atoms with Gasteiger partial charge in [0.25, 0.3) is 5.91 Å². The third-order valence-corrected chi connectivity index (χ3v) is 8.57. The summed E-state index contributed by atoms with van der Waals surface area (Å²) in [5, 5.41) is 7.94. The van der Waals surface area contributed by atoms with Crippen LogP contribution in [0.15, 0.2) is 22.4 Å². The Hall–Kier alpha value is -2.50. The zero-order valence-corrected chi connectivity index (χ0v) is 19.8. The second-order valence-corrected chi connectivity index (χ2v) is 10.9. The first-order valence-electron chi connectivity index (χ1n) is 10.5. The maximum absolute atomic E-state index is 13.5. The largest absolute Gasteiger partial charge is 0.478 e. The normalized spacial score (nSPS) is 21.4. The molecule has 0 saturated carbocycles. The zero-order valence-electron chi connectivity index (χ0n) is 18.2. The zero-order chi connectivity index (χ0) is 23.0. The van der Waals surface area contributed by atoms with Gasteiger partial charge in [0.2, 0.25) is 15.9 Å². The lowest BCUT2D eigenvalue weighted by molar-refractivity contribution is -0.123. The first-order chi connectivity index (χ1) is 15.2. The minimum absolute atomic E-state index is 0.101. The number of hydrogen-bond acceptors (Lipinski definition) is 7. The molecule has 0 aliphatic carbocycles. The van der Waals surface area contributed by atoms with E-state index in [2.05, 4.69) is 15.6 Å². The number of ether oxygens (including phenoxy) is 1. The second kappa shape index (κ2) is 8.80. The second-order valence-electron chi connectivity index (χ2n) is 8.10. The summed E-state index contributed by atoms with van der Waals surface area (Å²) in [6.45, 7) is 5.80. The quantitative estimate of drug-likeness (QED) is 0.682. The molecular weight excluding hydrogens is 452 g/mol. The number of nitrogens with one attached hydrogen (secondary N) is 2. The number of fused-ring (bicyclic) bond motifs is 1. The fraction of sp³-hybridized carbons (Fsp3) is 0.476. The summed E-state index contributed by atoms with van der Waals surface area (Å²) in [5.74, 6) is -0.583. The third kappa shape index (κ3) is 4.37. The van der Waals surface area contributed by atoms with E-state index in [4.69, 9.17) is 4.74 Å². The number of anilines is 2. The van der Waals surface area contributed by atoms with Crippen LogP contribution in [0, 0.1) is 19.8 Å². The predicted molar refractivity (Wildman–Crippen MR) is 121 cm³/mol. The predicted octanol–water partition coefficient (Wildman–Crippen LogP) is 2.91. The molecule has 0 spiro atoms. The van der Waals surface area contributed by atoms with Crippen LogP contribution < -0.4 is 15.4 Å².